The summed E-state index contributed by atoms with van der Waals surface area (Å²) < 4.78 is 25.4. The van der Waals surface area contributed by atoms with E-state index in [0.717, 1.165) is 22.2 Å². The second kappa shape index (κ2) is 6.98. The molecule has 0 aliphatic carbocycles. The number of benzene rings is 2. The van der Waals surface area contributed by atoms with Gasteiger partial charge in [0.2, 0.25) is 9.84 Å². The first-order valence-corrected chi connectivity index (χ1v) is 9.45. The Kier molecular flexibility index (Phi) is 4.74. The number of fused-ring (bicyclic) bond motifs is 1. The van der Waals surface area contributed by atoms with Crippen molar-refractivity contribution in [3.8, 4) is 6.07 Å². The fourth-order valence-corrected chi connectivity index (χ4v) is 3.67. The van der Waals surface area contributed by atoms with Crippen molar-refractivity contribution >= 4 is 26.4 Å². The van der Waals surface area contributed by atoms with Gasteiger partial charge in [-0.15, -0.1) is 0 Å². The number of hydrogen-bond acceptors (Lipinski definition) is 5. The molecule has 0 radical (unpaired) electrons. The molecule has 0 fully saturated rings. The van der Waals surface area contributed by atoms with Gasteiger partial charge in [0.05, 0.1) is 10.4 Å². The molecule has 2 aromatic carbocycles. The molecule has 0 aliphatic heterocycles. The molecular formula is C20H17N3O2S. The number of allylic oxidation sites excluding steroid dienone is 1. The lowest BCUT2D eigenvalue weighted by Gasteiger charge is -2.09. The summed E-state index contributed by atoms with van der Waals surface area (Å²) in [6.45, 7) is 3.73. The molecule has 3 aromatic rings. The zero-order valence-corrected chi connectivity index (χ0v) is 15.2. The molecule has 130 valence electrons. The molecule has 3 rings (SSSR count). The Morgan fingerprint density at radius 2 is 1.81 bits per heavy atom. The van der Waals surface area contributed by atoms with E-state index in [4.69, 9.17) is 0 Å². The van der Waals surface area contributed by atoms with Crippen molar-refractivity contribution in [2.75, 3.05) is 5.32 Å². The van der Waals surface area contributed by atoms with Crippen LogP contribution < -0.4 is 5.32 Å². The van der Waals surface area contributed by atoms with E-state index in [1.807, 2.05) is 44.2 Å². The molecule has 0 spiro atoms. The van der Waals surface area contributed by atoms with E-state index < -0.39 is 9.84 Å². The first-order chi connectivity index (χ1) is 12.4. The molecule has 0 bridgehead atoms. The Morgan fingerprint density at radius 1 is 1.12 bits per heavy atom. The minimum atomic E-state index is -3.88. The lowest BCUT2D eigenvalue weighted by atomic mass is 10.1. The molecule has 1 N–H and O–H groups in total. The maximum atomic E-state index is 12.7. The minimum Gasteiger partial charge on any atom is -0.359 e. The van der Waals surface area contributed by atoms with E-state index in [9.17, 15) is 13.7 Å². The summed E-state index contributed by atoms with van der Waals surface area (Å²) in [5.74, 6) is 0. The van der Waals surface area contributed by atoms with E-state index in [2.05, 4.69) is 10.3 Å². The maximum Gasteiger partial charge on any atom is 0.218 e. The van der Waals surface area contributed by atoms with Gasteiger partial charge in [-0.1, -0.05) is 35.9 Å². The summed E-state index contributed by atoms with van der Waals surface area (Å²) in [5.41, 5.74) is 3.23. The zero-order chi connectivity index (χ0) is 18.7. The Balaban J connectivity index is 2.01. The highest BCUT2D eigenvalue weighted by molar-refractivity contribution is 7.95. The lowest BCUT2D eigenvalue weighted by Crippen LogP contribution is -2.06. The quantitative estimate of drug-likeness (QED) is 0.706. The number of sulfone groups is 1. The third-order valence-electron chi connectivity index (χ3n) is 3.93. The molecule has 26 heavy (non-hydrogen) atoms. The van der Waals surface area contributed by atoms with Crippen LogP contribution in [0.1, 0.15) is 11.3 Å². The number of aryl methyl sites for hydroxylation is 2. The Hall–Kier alpha value is -3.17. The van der Waals surface area contributed by atoms with Gasteiger partial charge in [0, 0.05) is 23.0 Å². The Bertz CT molecular complexity index is 1140. The van der Waals surface area contributed by atoms with Gasteiger partial charge in [0.15, 0.2) is 4.91 Å². The highest BCUT2D eigenvalue weighted by Crippen LogP contribution is 2.24. The van der Waals surface area contributed by atoms with Gasteiger partial charge < -0.3 is 5.32 Å². The molecule has 0 aliphatic rings. The first kappa shape index (κ1) is 17.6. The summed E-state index contributed by atoms with van der Waals surface area (Å²) in [6.07, 6.45) is 1.23. The van der Waals surface area contributed by atoms with Crippen molar-refractivity contribution < 1.29 is 8.42 Å². The van der Waals surface area contributed by atoms with Crippen LogP contribution in [0.3, 0.4) is 0 Å². The summed E-state index contributed by atoms with van der Waals surface area (Å²) >= 11 is 0. The number of nitrogens with zero attached hydrogens (tertiary/aromatic N) is 2. The van der Waals surface area contributed by atoms with Crippen molar-refractivity contribution in [2.45, 2.75) is 18.7 Å². The molecular weight excluding hydrogens is 346 g/mol. The summed E-state index contributed by atoms with van der Waals surface area (Å²) in [7, 11) is -3.88. The number of rotatable bonds is 4. The van der Waals surface area contributed by atoms with Crippen LogP contribution in [0.5, 0.6) is 0 Å². The molecule has 0 atom stereocenters. The predicted octanol–water partition coefficient (Wildman–Crippen LogP) is 4.10. The second-order valence-corrected chi connectivity index (χ2v) is 7.83. The topological polar surface area (TPSA) is 82.8 Å². The number of hydrogen-bond donors (Lipinski definition) is 1. The van der Waals surface area contributed by atoms with Crippen LogP contribution in [0.2, 0.25) is 0 Å². The number of anilines is 1. The van der Waals surface area contributed by atoms with E-state index in [-0.39, 0.29) is 9.80 Å². The average Bonchev–Trinajstić information content (AvgIpc) is 2.62. The van der Waals surface area contributed by atoms with Crippen LogP contribution in [0, 0.1) is 25.2 Å². The van der Waals surface area contributed by atoms with E-state index in [1.165, 1.54) is 18.3 Å². The SMILES string of the molecule is Cc1ccc(S(=O)(=O)/C(C#N)=C/Nc2cc(C)nc3ccccc23)cc1. The molecule has 0 unspecified atom stereocenters. The average molecular weight is 363 g/mol. The fourth-order valence-electron chi connectivity index (χ4n) is 2.58. The number of pyridine rings is 1. The summed E-state index contributed by atoms with van der Waals surface area (Å²) in [5, 5.41) is 13.2. The maximum absolute atomic E-state index is 12.7. The van der Waals surface area contributed by atoms with Crippen LogP contribution in [0.15, 0.2) is 70.6 Å². The van der Waals surface area contributed by atoms with Crippen molar-refractivity contribution in [3.63, 3.8) is 0 Å². The monoisotopic (exact) mass is 363 g/mol. The normalized spacial score (nSPS) is 12.0. The highest BCUT2D eigenvalue weighted by atomic mass is 32.2. The smallest absolute Gasteiger partial charge is 0.218 e. The summed E-state index contributed by atoms with van der Waals surface area (Å²) in [4.78, 5) is 4.19. The van der Waals surface area contributed by atoms with Gasteiger partial charge in [-0.3, -0.25) is 4.98 Å². The summed E-state index contributed by atoms with van der Waals surface area (Å²) in [6, 6.07) is 17.5. The molecule has 5 nitrogen and oxygen atoms in total. The van der Waals surface area contributed by atoms with Gasteiger partial charge >= 0.3 is 0 Å². The molecule has 6 heteroatoms. The van der Waals surface area contributed by atoms with Crippen molar-refractivity contribution in [2.24, 2.45) is 0 Å². The lowest BCUT2D eigenvalue weighted by molar-refractivity contribution is 0.603. The Labute approximate surface area is 152 Å². The number of nitrogens with one attached hydrogen (secondary N) is 1. The molecule has 0 amide bonds. The van der Waals surface area contributed by atoms with Crippen molar-refractivity contribution in [1.29, 1.82) is 5.26 Å². The van der Waals surface area contributed by atoms with Gasteiger partial charge in [0.25, 0.3) is 0 Å². The van der Waals surface area contributed by atoms with Crippen molar-refractivity contribution in [1.82, 2.24) is 4.98 Å². The third kappa shape index (κ3) is 3.44. The van der Waals surface area contributed by atoms with Crippen LogP contribution >= 0.6 is 0 Å². The van der Waals surface area contributed by atoms with Crippen LogP contribution in [-0.2, 0) is 9.84 Å². The molecule has 0 saturated carbocycles. The zero-order valence-electron chi connectivity index (χ0n) is 14.4. The van der Waals surface area contributed by atoms with Crippen molar-refractivity contribution in [3.05, 3.63) is 77.0 Å². The van der Waals surface area contributed by atoms with Gasteiger partial charge in [-0.25, -0.2) is 8.42 Å². The van der Waals surface area contributed by atoms with E-state index in [0.29, 0.717) is 5.69 Å². The third-order valence-corrected chi connectivity index (χ3v) is 5.61. The minimum absolute atomic E-state index is 0.0912. The van der Waals surface area contributed by atoms with E-state index >= 15 is 0 Å². The number of aromatic nitrogens is 1. The van der Waals surface area contributed by atoms with E-state index in [1.54, 1.807) is 18.2 Å². The fraction of sp³-hybridized carbons (Fsp3) is 0.100. The predicted molar refractivity (Wildman–Crippen MR) is 102 cm³/mol. The Morgan fingerprint density at radius 3 is 2.50 bits per heavy atom. The molecule has 1 heterocycles. The standard InChI is InChI=1S/C20H17N3O2S/c1-14-7-9-16(10-8-14)26(24,25)17(12-21)13-22-20-11-15(2)23-19-6-4-3-5-18(19)20/h3-11,13H,1-2H3,(H,22,23)/b17-13+. The highest BCUT2D eigenvalue weighted by Gasteiger charge is 2.20. The number of para-hydroxylation sites is 1. The molecule has 0 saturated heterocycles. The van der Waals surface area contributed by atoms with Crippen LogP contribution in [0.25, 0.3) is 10.9 Å². The largest absolute Gasteiger partial charge is 0.359 e. The first-order valence-electron chi connectivity index (χ1n) is 7.97. The van der Waals surface area contributed by atoms with Gasteiger partial charge in [-0.2, -0.15) is 5.26 Å². The number of nitriles is 1. The molecule has 1 aromatic heterocycles. The van der Waals surface area contributed by atoms with Crippen LogP contribution in [-0.4, -0.2) is 13.4 Å². The van der Waals surface area contributed by atoms with Gasteiger partial charge in [0.1, 0.15) is 6.07 Å². The van der Waals surface area contributed by atoms with Gasteiger partial charge in [-0.05, 0) is 38.1 Å². The second-order valence-electron chi connectivity index (χ2n) is 5.91. The van der Waals surface area contributed by atoms with Crippen LogP contribution in [0.4, 0.5) is 5.69 Å².